The van der Waals surface area contributed by atoms with E-state index in [9.17, 15) is 19.5 Å². The maximum absolute atomic E-state index is 12.0. The molecule has 2 atom stereocenters. The van der Waals surface area contributed by atoms with Crippen molar-refractivity contribution in [3.05, 3.63) is 11.6 Å². The first-order valence-electron chi connectivity index (χ1n) is 11.8. The zero-order valence-electron chi connectivity index (χ0n) is 19.2. The third kappa shape index (κ3) is 13.8. The Morgan fingerprint density at radius 1 is 1.06 bits per heavy atom. The second-order valence-corrected chi connectivity index (χ2v) is 8.96. The smallest absolute Gasteiger partial charge is 0.333 e. The number of nitrogens with one attached hydrogen (secondary N) is 1. The third-order valence-corrected chi connectivity index (χ3v) is 6.06. The fourth-order valence-corrected chi connectivity index (χ4v) is 4.18. The summed E-state index contributed by atoms with van der Waals surface area (Å²) in [5.74, 6) is -1.92. The molecule has 0 saturated carbocycles. The number of carbonyl (C=O) groups is 3. The molecule has 9 heteroatoms. The third-order valence-electron chi connectivity index (χ3n) is 5.18. The van der Waals surface area contributed by atoms with Gasteiger partial charge in [-0.2, -0.15) is 0 Å². The van der Waals surface area contributed by atoms with Crippen LogP contribution in [0.2, 0.25) is 0 Å². The number of carboxylic acids is 1. The summed E-state index contributed by atoms with van der Waals surface area (Å²) in [6.07, 6.45) is 11.6. The van der Waals surface area contributed by atoms with Crippen LogP contribution in [0.1, 0.15) is 90.4 Å². The summed E-state index contributed by atoms with van der Waals surface area (Å²) in [5, 5.41) is 18.6. The average Bonchev–Trinajstić information content (AvgIpc) is 3.08. The number of rotatable bonds is 20. The quantitative estimate of drug-likeness (QED) is 0.136. The minimum Gasteiger partial charge on any atom is -0.481 e. The fraction of sp³-hybridized carbons (Fsp3) is 0.783. The first kappa shape index (κ1) is 28.5. The van der Waals surface area contributed by atoms with Crippen molar-refractivity contribution in [3.63, 3.8) is 0 Å². The minimum atomic E-state index is -1.43. The van der Waals surface area contributed by atoms with Crippen molar-refractivity contribution in [2.75, 3.05) is 12.3 Å². The number of aliphatic hydroxyl groups is 1. The van der Waals surface area contributed by atoms with Crippen LogP contribution in [0, 0.1) is 0 Å². The van der Waals surface area contributed by atoms with Crippen LogP contribution in [0.5, 0.6) is 0 Å². The molecule has 0 aromatic heterocycles. The molecule has 1 aliphatic rings. The molecular formula is C23H39NO7S. The molecule has 0 bridgehead atoms. The Hall–Kier alpha value is -1.58. The van der Waals surface area contributed by atoms with E-state index in [4.69, 9.17) is 14.6 Å². The number of carboxylic acid groups (broad SMARTS) is 1. The van der Waals surface area contributed by atoms with E-state index in [0.717, 1.165) is 25.5 Å². The number of cyclic esters (lactones) is 1. The Kier molecular flexibility index (Phi) is 15.9. The van der Waals surface area contributed by atoms with E-state index in [1.807, 2.05) is 0 Å². The van der Waals surface area contributed by atoms with Gasteiger partial charge in [-0.3, -0.25) is 14.3 Å². The number of hydrogen-bond acceptors (Lipinski definition) is 8. The highest BCUT2D eigenvalue weighted by Crippen LogP contribution is 2.22. The normalized spacial score (nSPS) is 16.5. The molecule has 1 aliphatic heterocycles. The number of unbranched alkanes of at least 4 members (excludes halogenated alkanes) is 9. The summed E-state index contributed by atoms with van der Waals surface area (Å²) in [6.45, 7) is 3.05. The molecule has 2 unspecified atom stereocenters. The van der Waals surface area contributed by atoms with Gasteiger partial charge < -0.3 is 19.7 Å². The van der Waals surface area contributed by atoms with Gasteiger partial charge in [0.05, 0.1) is 0 Å². The monoisotopic (exact) mass is 473 g/mol. The highest BCUT2D eigenvalue weighted by molar-refractivity contribution is 7.97. The van der Waals surface area contributed by atoms with Crippen LogP contribution >= 0.6 is 11.9 Å². The van der Waals surface area contributed by atoms with Crippen LogP contribution in [0.15, 0.2) is 11.6 Å². The van der Waals surface area contributed by atoms with Crippen molar-refractivity contribution < 1.29 is 34.1 Å². The van der Waals surface area contributed by atoms with Gasteiger partial charge in [0.1, 0.15) is 6.10 Å². The zero-order chi connectivity index (χ0) is 23.6. The van der Waals surface area contributed by atoms with E-state index in [1.54, 1.807) is 0 Å². The van der Waals surface area contributed by atoms with Gasteiger partial charge in [0.15, 0.2) is 0 Å². The lowest BCUT2D eigenvalue weighted by Gasteiger charge is -2.20. The molecule has 1 heterocycles. The number of esters is 2. The van der Waals surface area contributed by atoms with Crippen LogP contribution in [0.3, 0.4) is 0 Å². The predicted molar refractivity (Wildman–Crippen MR) is 124 cm³/mol. The predicted octanol–water partition coefficient (Wildman–Crippen LogP) is 4.11. The molecule has 32 heavy (non-hydrogen) atoms. The number of ether oxygens (including phenoxy) is 2. The molecule has 0 saturated heterocycles. The second-order valence-electron chi connectivity index (χ2n) is 8.05. The maximum Gasteiger partial charge on any atom is 0.333 e. The van der Waals surface area contributed by atoms with Gasteiger partial charge >= 0.3 is 17.9 Å². The van der Waals surface area contributed by atoms with E-state index in [-0.39, 0.29) is 24.8 Å². The van der Waals surface area contributed by atoms with Gasteiger partial charge in [0, 0.05) is 36.8 Å². The van der Waals surface area contributed by atoms with Crippen molar-refractivity contribution in [2.45, 2.75) is 103 Å². The van der Waals surface area contributed by atoms with Gasteiger partial charge in [0.2, 0.25) is 6.29 Å². The lowest BCUT2D eigenvalue weighted by atomic mass is 10.1. The Balaban J connectivity index is 2.22. The summed E-state index contributed by atoms with van der Waals surface area (Å²) in [5.41, 5.74) is 0.204. The second kappa shape index (κ2) is 17.9. The van der Waals surface area contributed by atoms with Crippen molar-refractivity contribution in [3.8, 4) is 0 Å². The van der Waals surface area contributed by atoms with E-state index >= 15 is 0 Å². The molecule has 3 N–H and O–H groups in total. The van der Waals surface area contributed by atoms with Crippen LogP contribution in [-0.2, 0) is 23.9 Å². The van der Waals surface area contributed by atoms with Crippen LogP contribution in [0.4, 0.5) is 0 Å². The molecule has 184 valence electrons. The van der Waals surface area contributed by atoms with Crippen molar-refractivity contribution in [1.29, 1.82) is 0 Å². The van der Waals surface area contributed by atoms with Gasteiger partial charge in [-0.1, -0.05) is 76.7 Å². The first-order chi connectivity index (χ1) is 15.4. The Bertz CT molecular complexity index is 597. The number of aliphatic hydroxyl groups excluding tert-OH is 1. The van der Waals surface area contributed by atoms with Gasteiger partial charge in [-0.15, -0.1) is 0 Å². The summed E-state index contributed by atoms with van der Waals surface area (Å²) in [6, 6.07) is 0. The number of carbonyl (C=O) groups excluding carboxylic acids is 2. The van der Waals surface area contributed by atoms with E-state index in [1.165, 1.54) is 63.3 Å². The van der Waals surface area contributed by atoms with Gasteiger partial charge in [-0.25, -0.2) is 4.79 Å². The highest BCUT2D eigenvalue weighted by atomic mass is 32.2. The lowest BCUT2D eigenvalue weighted by Crippen LogP contribution is -2.29. The zero-order valence-corrected chi connectivity index (χ0v) is 20.0. The molecule has 1 rings (SSSR count). The standard InChI is InChI=1S/C23H39NO7S/c1-2-3-4-5-6-7-8-9-10-11-15-24-32-17-19(18-16-22(28)31-23(18)29)30-21(27)14-12-13-20(25)26/h16,19,23-24,29H,2-15,17H2,1H3,(H,25,26). The minimum absolute atomic E-state index is 0.0440. The Labute approximate surface area is 195 Å². The molecule has 0 spiro atoms. The van der Waals surface area contributed by atoms with Gasteiger partial charge in [-0.05, 0) is 12.8 Å². The molecular weight excluding hydrogens is 434 g/mol. The van der Waals surface area contributed by atoms with E-state index in [2.05, 4.69) is 11.6 Å². The Morgan fingerprint density at radius 2 is 1.69 bits per heavy atom. The summed E-state index contributed by atoms with van der Waals surface area (Å²) in [7, 11) is 0. The fourth-order valence-electron chi connectivity index (χ4n) is 3.36. The molecule has 0 radical (unpaired) electrons. The molecule has 0 aromatic carbocycles. The summed E-state index contributed by atoms with van der Waals surface area (Å²) in [4.78, 5) is 34.0. The number of aliphatic carboxylic acids is 1. The van der Waals surface area contributed by atoms with Gasteiger partial charge in [0.25, 0.3) is 0 Å². The SMILES string of the molecule is CCCCCCCCCCCCNSCC(OC(=O)CCCC(=O)O)C1=CC(=O)OC1O. The van der Waals surface area contributed by atoms with Crippen molar-refractivity contribution >= 4 is 29.9 Å². The highest BCUT2D eigenvalue weighted by Gasteiger charge is 2.32. The Morgan fingerprint density at radius 3 is 2.25 bits per heavy atom. The van der Waals surface area contributed by atoms with Crippen LogP contribution in [0.25, 0.3) is 0 Å². The molecule has 0 aromatic rings. The maximum atomic E-state index is 12.0. The van der Waals surface area contributed by atoms with E-state index < -0.39 is 30.3 Å². The van der Waals surface area contributed by atoms with Crippen LogP contribution < -0.4 is 4.72 Å². The largest absolute Gasteiger partial charge is 0.481 e. The van der Waals surface area contributed by atoms with Crippen molar-refractivity contribution in [1.82, 2.24) is 4.72 Å². The summed E-state index contributed by atoms with van der Waals surface area (Å²) < 4.78 is 13.3. The van der Waals surface area contributed by atoms with Crippen LogP contribution in [-0.4, -0.2) is 52.8 Å². The number of hydrogen-bond donors (Lipinski definition) is 3. The van der Waals surface area contributed by atoms with Crippen molar-refractivity contribution in [2.24, 2.45) is 0 Å². The topological polar surface area (TPSA) is 122 Å². The molecule has 0 aliphatic carbocycles. The van der Waals surface area contributed by atoms with E-state index in [0.29, 0.717) is 5.75 Å². The lowest BCUT2D eigenvalue weighted by molar-refractivity contribution is -0.153. The molecule has 0 amide bonds. The molecule has 8 nitrogen and oxygen atoms in total. The summed E-state index contributed by atoms with van der Waals surface area (Å²) >= 11 is 1.36. The first-order valence-corrected chi connectivity index (χ1v) is 12.8. The average molecular weight is 474 g/mol. The molecule has 0 fully saturated rings.